The van der Waals surface area contributed by atoms with Gasteiger partial charge in [-0.1, -0.05) is 13.8 Å². The zero-order chi connectivity index (χ0) is 22.9. The van der Waals surface area contributed by atoms with E-state index in [2.05, 4.69) is 53.7 Å². The number of aryl methyl sites for hydroxylation is 1. The van der Waals surface area contributed by atoms with Gasteiger partial charge in [-0.15, -0.1) is 0 Å². The van der Waals surface area contributed by atoms with Crippen molar-refractivity contribution in [3.8, 4) is 0 Å². The minimum Gasteiger partial charge on any atom is -0.363 e. The van der Waals surface area contributed by atoms with Crippen LogP contribution in [-0.2, 0) is 12.8 Å². The Kier molecular flexibility index (Phi) is 9.78. The van der Waals surface area contributed by atoms with Crippen LogP contribution in [-0.4, -0.2) is 72.3 Å². The molecule has 2 aliphatic carbocycles. The molecule has 1 saturated carbocycles. The van der Waals surface area contributed by atoms with Crippen molar-refractivity contribution in [2.24, 2.45) is 0 Å². The third kappa shape index (κ3) is 7.17. The lowest BCUT2D eigenvalue weighted by molar-refractivity contribution is 0.300. The fourth-order valence-corrected chi connectivity index (χ4v) is 5.12. The first-order valence-electron chi connectivity index (χ1n) is 12.6. The molecule has 1 heterocycles. The van der Waals surface area contributed by atoms with Crippen LogP contribution >= 0.6 is 12.2 Å². The Bertz CT molecular complexity index is 727. The Labute approximate surface area is 200 Å². The van der Waals surface area contributed by atoms with Crippen LogP contribution in [0.15, 0.2) is 0 Å². The number of aromatic nitrogens is 2. The molecule has 0 spiro atoms. The van der Waals surface area contributed by atoms with Crippen LogP contribution in [0.4, 0.5) is 11.8 Å². The number of nitrogens with one attached hydrogen (secondary N) is 3. The van der Waals surface area contributed by atoms with Gasteiger partial charge in [0.1, 0.15) is 5.82 Å². The second-order valence-corrected chi connectivity index (χ2v) is 9.78. The maximum atomic E-state index is 5.52. The highest BCUT2D eigenvalue weighted by Gasteiger charge is 2.24. The Morgan fingerprint density at radius 3 is 2.38 bits per heavy atom. The van der Waals surface area contributed by atoms with Crippen LogP contribution in [0, 0.1) is 0 Å². The molecular weight excluding hydrogens is 418 g/mol. The van der Waals surface area contributed by atoms with E-state index >= 15 is 0 Å². The molecule has 0 aromatic carbocycles. The summed E-state index contributed by atoms with van der Waals surface area (Å²) in [7, 11) is 4.16. The molecule has 0 amide bonds. The maximum Gasteiger partial charge on any atom is 0.225 e. The number of nitrogens with zero attached hydrogens (tertiary/aromatic N) is 4. The van der Waals surface area contributed by atoms with E-state index < -0.39 is 0 Å². The standard InChI is InChI=1S/C24H43N7S/c1-5-31(6-2)17-9-16-25-24(32)27-19-14-12-18(13-15-19)26-23-28-21-11-8-7-10-20(21)22(29-23)30(3)4/h18-19H,5-17H2,1-4H3,(H2,25,27,32)(H,26,28,29). The lowest BCUT2D eigenvalue weighted by Gasteiger charge is -2.31. The number of hydrogen-bond acceptors (Lipinski definition) is 6. The Morgan fingerprint density at radius 1 is 1.00 bits per heavy atom. The van der Waals surface area contributed by atoms with Crippen LogP contribution in [0.3, 0.4) is 0 Å². The molecule has 2 aliphatic rings. The molecule has 0 aliphatic heterocycles. The Balaban J connectivity index is 1.41. The first-order chi connectivity index (χ1) is 15.5. The topological polar surface area (TPSA) is 68.3 Å². The average molecular weight is 462 g/mol. The number of hydrogen-bond donors (Lipinski definition) is 3. The van der Waals surface area contributed by atoms with Gasteiger partial charge in [0.15, 0.2) is 5.11 Å². The van der Waals surface area contributed by atoms with Crippen LogP contribution in [0.5, 0.6) is 0 Å². The molecule has 3 rings (SSSR count). The molecule has 0 unspecified atom stereocenters. The second kappa shape index (κ2) is 12.5. The monoisotopic (exact) mass is 461 g/mol. The molecule has 32 heavy (non-hydrogen) atoms. The predicted octanol–water partition coefficient (Wildman–Crippen LogP) is 3.34. The van der Waals surface area contributed by atoms with Gasteiger partial charge in [-0.2, -0.15) is 4.98 Å². The van der Waals surface area contributed by atoms with Crippen LogP contribution < -0.4 is 20.9 Å². The normalized spacial score (nSPS) is 20.5. The summed E-state index contributed by atoms with van der Waals surface area (Å²) in [6, 6.07) is 0.887. The third-order valence-electron chi connectivity index (χ3n) is 6.81. The van der Waals surface area contributed by atoms with Crippen molar-refractivity contribution in [1.82, 2.24) is 25.5 Å². The summed E-state index contributed by atoms with van der Waals surface area (Å²) in [6.07, 6.45) is 10.2. The summed E-state index contributed by atoms with van der Waals surface area (Å²) in [5, 5.41) is 11.3. The Hall–Kier alpha value is -1.67. The maximum absolute atomic E-state index is 5.52. The van der Waals surface area contributed by atoms with E-state index in [1.807, 2.05) is 0 Å². The van der Waals surface area contributed by atoms with Gasteiger partial charge in [-0.25, -0.2) is 4.98 Å². The van der Waals surface area contributed by atoms with E-state index in [9.17, 15) is 0 Å². The van der Waals surface area contributed by atoms with E-state index in [1.165, 1.54) is 24.1 Å². The minimum atomic E-state index is 0.431. The van der Waals surface area contributed by atoms with Gasteiger partial charge < -0.3 is 25.8 Å². The van der Waals surface area contributed by atoms with Crippen molar-refractivity contribution in [1.29, 1.82) is 0 Å². The van der Waals surface area contributed by atoms with Crippen molar-refractivity contribution in [3.63, 3.8) is 0 Å². The molecule has 1 fully saturated rings. The highest BCUT2D eigenvalue weighted by atomic mass is 32.1. The molecule has 0 atom stereocenters. The lowest BCUT2D eigenvalue weighted by atomic mass is 9.91. The molecule has 3 N–H and O–H groups in total. The number of rotatable bonds is 10. The molecule has 0 radical (unpaired) electrons. The van der Waals surface area contributed by atoms with Gasteiger partial charge in [0.05, 0.1) is 5.69 Å². The van der Waals surface area contributed by atoms with Crippen molar-refractivity contribution in [3.05, 3.63) is 11.3 Å². The zero-order valence-electron chi connectivity index (χ0n) is 20.5. The largest absolute Gasteiger partial charge is 0.363 e. The summed E-state index contributed by atoms with van der Waals surface area (Å²) in [5.41, 5.74) is 2.59. The SMILES string of the molecule is CCN(CC)CCCNC(=S)NC1CCC(Nc2nc3c(c(N(C)C)n2)CCCC3)CC1. The first kappa shape index (κ1) is 25.0. The van der Waals surface area contributed by atoms with Crippen LogP contribution in [0.1, 0.15) is 70.1 Å². The molecule has 180 valence electrons. The van der Waals surface area contributed by atoms with Crippen molar-refractivity contribution in [2.45, 2.75) is 83.7 Å². The minimum absolute atomic E-state index is 0.431. The summed E-state index contributed by atoms with van der Waals surface area (Å²) in [4.78, 5) is 14.3. The third-order valence-corrected chi connectivity index (χ3v) is 7.07. The smallest absolute Gasteiger partial charge is 0.225 e. The highest BCUT2D eigenvalue weighted by molar-refractivity contribution is 7.80. The molecule has 1 aromatic rings. The van der Waals surface area contributed by atoms with E-state index in [4.69, 9.17) is 22.2 Å². The van der Waals surface area contributed by atoms with E-state index in [-0.39, 0.29) is 0 Å². The number of fused-ring (bicyclic) bond motifs is 1. The molecule has 8 heteroatoms. The fourth-order valence-electron chi connectivity index (χ4n) is 4.85. The van der Waals surface area contributed by atoms with Gasteiger partial charge >= 0.3 is 0 Å². The van der Waals surface area contributed by atoms with Gasteiger partial charge in [0.2, 0.25) is 5.95 Å². The van der Waals surface area contributed by atoms with Crippen LogP contribution in [0.25, 0.3) is 0 Å². The molecular formula is C24H43N7S. The highest BCUT2D eigenvalue weighted by Crippen LogP contribution is 2.29. The van der Waals surface area contributed by atoms with E-state index in [1.54, 1.807) is 0 Å². The lowest BCUT2D eigenvalue weighted by Crippen LogP contribution is -2.45. The summed E-state index contributed by atoms with van der Waals surface area (Å²) < 4.78 is 0. The predicted molar refractivity (Wildman–Crippen MR) is 139 cm³/mol. The van der Waals surface area contributed by atoms with Gasteiger partial charge in [-0.3, -0.25) is 0 Å². The number of anilines is 2. The second-order valence-electron chi connectivity index (χ2n) is 9.37. The van der Waals surface area contributed by atoms with Crippen LogP contribution in [0.2, 0.25) is 0 Å². The first-order valence-corrected chi connectivity index (χ1v) is 13.0. The molecule has 0 saturated heterocycles. The summed E-state index contributed by atoms with van der Waals surface area (Å²) in [6.45, 7) is 8.72. The fraction of sp³-hybridized carbons (Fsp3) is 0.792. The van der Waals surface area contributed by atoms with Crippen molar-refractivity contribution in [2.75, 3.05) is 50.5 Å². The molecule has 1 aromatic heterocycles. The van der Waals surface area contributed by atoms with Gasteiger partial charge in [0.25, 0.3) is 0 Å². The summed E-state index contributed by atoms with van der Waals surface area (Å²) in [5.74, 6) is 1.89. The Morgan fingerprint density at radius 2 is 1.69 bits per heavy atom. The van der Waals surface area contributed by atoms with E-state index in [0.29, 0.717) is 12.1 Å². The van der Waals surface area contributed by atoms with Gasteiger partial charge in [0, 0.05) is 38.3 Å². The van der Waals surface area contributed by atoms with Crippen molar-refractivity contribution >= 4 is 29.1 Å². The zero-order valence-corrected chi connectivity index (χ0v) is 21.4. The van der Waals surface area contributed by atoms with Gasteiger partial charge in [-0.05, 0) is 89.6 Å². The number of thiocarbonyl (C=S) groups is 1. The quantitative estimate of drug-likeness (QED) is 0.362. The van der Waals surface area contributed by atoms with Crippen molar-refractivity contribution < 1.29 is 0 Å². The molecule has 0 bridgehead atoms. The summed E-state index contributed by atoms with van der Waals surface area (Å²) >= 11 is 5.52. The van der Waals surface area contributed by atoms with E-state index in [0.717, 1.165) is 88.0 Å². The molecule has 7 nitrogen and oxygen atoms in total. The average Bonchev–Trinajstić information content (AvgIpc) is 2.80.